The van der Waals surface area contributed by atoms with E-state index in [4.69, 9.17) is 30.5 Å². The predicted octanol–water partition coefficient (Wildman–Crippen LogP) is 3.74. The third-order valence-electron chi connectivity index (χ3n) is 2.79. The first-order chi connectivity index (χ1) is 11.2. The molecule has 0 saturated heterocycles. The van der Waals surface area contributed by atoms with Crippen molar-refractivity contribution in [3.8, 4) is 10.8 Å². The van der Waals surface area contributed by atoms with Crippen molar-refractivity contribution >= 4 is 40.1 Å². The van der Waals surface area contributed by atoms with E-state index in [0.717, 1.165) is 0 Å². The number of carbonyl (C=O) groups excluding carboxylic acids is 1. The zero-order chi connectivity index (χ0) is 16.7. The lowest BCUT2D eigenvalue weighted by molar-refractivity contribution is 0.103. The molecule has 0 atom stereocenters. The first-order valence-corrected chi connectivity index (χ1v) is 8.90. The lowest BCUT2D eigenvalue weighted by atomic mass is 10.2. The average Bonchev–Trinajstić information content (AvgIpc) is 3.18. The number of thiophene rings is 2. The van der Waals surface area contributed by atoms with Crippen molar-refractivity contribution in [3.05, 3.63) is 32.3 Å². The highest BCUT2D eigenvalue weighted by molar-refractivity contribution is 7.18. The molecule has 8 heteroatoms. The van der Waals surface area contributed by atoms with Crippen molar-refractivity contribution in [2.45, 2.75) is 0 Å². The molecule has 0 aliphatic rings. The van der Waals surface area contributed by atoms with Crippen LogP contribution >= 0.6 is 34.3 Å². The number of rotatable bonds is 10. The first kappa shape index (κ1) is 18.2. The summed E-state index contributed by atoms with van der Waals surface area (Å²) in [4.78, 5) is 13.7. The number of hydrogen-bond donors (Lipinski definition) is 0. The standard InChI is InChI=1S/C15H17ClO5S2/c1-18-5-7-20-13-11(16)15(21-8-6-19-2)23-14(13)12(17)10-4-3-9-22-10/h3-4,9H,5-8H2,1-2H3. The van der Waals surface area contributed by atoms with E-state index in [0.29, 0.717) is 52.0 Å². The Morgan fingerprint density at radius 2 is 1.83 bits per heavy atom. The van der Waals surface area contributed by atoms with Crippen molar-refractivity contribution in [1.29, 1.82) is 0 Å². The summed E-state index contributed by atoms with van der Waals surface area (Å²) in [6.07, 6.45) is 0. The molecule has 2 aromatic heterocycles. The molecular formula is C15H17ClO5S2. The number of halogens is 1. The molecule has 0 fully saturated rings. The van der Waals surface area contributed by atoms with Crippen LogP contribution in [0, 0.1) is 0 Å². The SMILES string of the molecule is COCCOc1sc(C(=O)c2cccs2)c(OCCOC)c1Cl. The number of ketones is 1. The zero-order valence-corrected chi connectivity index (χ0v) is 15.2. The van der Waals surface area contributed by atoms with Crippen LogP contribution in [-0.4, -0.2) is 46.4 Å². The summed E-state index contributed by atoms with van der Waals surface area (Å²) in [6, 6.07) is 3.60. The van der Waals surface area contributed by atoms with Gasteiger partial charge < -0.3 is 18.9 Å². The van der Waals surface area contributed by atoms with Gasteiger partial charge in [0.1, 0.15) is 23.1 Å². The Labute approximate surface area is 147 Å². The predicted molar refractivity (Wildman–Crippen MR) is 91.8 cm³/mol. The van der Waals surface area contributed by atoms with Crippen molar-refractivity contribution in [3.63, 3.8) is 0 Å². The maximum atomic E-state index is 12.6. The van der Waals surface area contributed by atoms with E-state index in [1.807, 2.05) is 11.4 Å². The van der Waals surface area contributed by atoms with E-state index >= 15 is 0 Å². The number of carbonyl (C=O) groups is 1. The maximum Gasteiger partial charge on any atom is 0.216 e. The fraction of sp³-hybridized carbons (Fsp3) is 0.400. The van der Waals surface area contributed by atoms with Crippen LogP contribution in [0.3, 0.4) is 0 Å². The van der Waals surface area contributed by atoms with E-state index in [2.05, 4.69) is 0 Å². The van der Waals surface area contributed by atoms with Crippen molar-refractivity contribution in [2.75, 3.05) is 40.6 Å². The van der Waals surface area contributed by atoms with Gasteiger partial charge in [-0.25, -0.2) is 0 Å². The van der Waals surface area contributed by atoms with Gasteiger partial charge >= 0.3 is 0 Å². The Bertz CT molecular complexity index is 624. The highest BCUT2D eigenvalue weighted by atomic mass is 35.5. The Balaban J connectivity index is 2.26. The summed E-state index contributed by atoms with van der Waals surface area (Å²) in [5.74, 6) is 0.223. The molecule has 0 unspecified atom stereocenters. The fourth-order valence-electron chi connectivity index (χ4n) is 1.71. The van der Waals surface area contributed by atoms with Crippen LogP contribution in [0.1, 0.15) is 14.5 Å². The smallest absolute Gasteiger partial charge is 0.216 e. The van der Waals surface area contributed by atoms with Crippen LogP contribution < -0.4 is 9.47 Å². The topological polar surface area (TPSA) is 54.0 Å². The summed E-state index contributed by atoms with van der Waals surface area (Å²) >= 11 is 8.88. The second kappa shape index (κ2) is 9.24. The minimum Gasteiger partial charge on any atom is -0.488 e. The molecule has 126 valence electrons. The van der Waals surface area contributed by atoms with Gasteiger partial charge in [0.05, 0.1) is 18.1 Å². The Kier molecular flexibility index (Phi) is 7.32. The third-order valence-corrected chi connectivity index (χ3v) is 5.19. The van der Waals surface area contributed by atoms with E-state index in [1.54, 1.807) is 20.3 Å². The molecule has 0 amide bonds. The Morgan fingerprint density at radius 3 is 2.43 bits per heavy atom. The molecule has 23 heavy (non-hydrogen) atoms. The van der Waals surface area contributed by atoms with Gasteiger partial charge in [-0.2, -0.15) is 0 Å². The normalized spacial score (nSPS) is 10.7. The first-order valence-electron chi connectivity index (χ1n) is 6.83. The van der Waals surface area contributed by atoms with Crippen molar-refractivity contribution in [1.82, 2.24) is 0 Å². The molecule has 0 N–H and O–H groups in total. The van der Waals surface area contributed by atoms with E-state index in [-0.39, 0.29) is 5.78 Å². The fourth-order valence-corrected chi connectivity index (χ4v) is 3.79. The van der Waals surface area contributed by atoms with Crippen LogP contribution in [0.2, 0.25) is 5.02 Å². The molecule has 0 radical (unpaired) electrons. The van der Waals surface area contributed by atoms with Crippen LogP contribution in [0.25, 0.3) is 0 Å². The lowest BCUT2D eigenvalue weighted by Crippen LogP contribution is -2.07. The summed E-state index contributed by atoms with van der Waals surface area (Å²) in [6.45, 7) is 1.48. The van der Waals surface area contributed by atoms with Gasteiger partial charge in [-0.1, -0.05) is 29.0 Å². The number of ether oxygens (including phenoxy) is 4. The summed E-state index contributed by atoms with van der Waals surface area (Å²) in [5, 5.41) is 2.61. The van der Waals surface area contributed by atoms with Gasteiger partial charge in [0.2, 0.25) is 5.78 Å². The molecule has 0 aliphatic carbocycles. The Morgan fingerprint density at radius 1 is 1.13 bits per heavy atom. The molecule has 0 aliphatic heterocycles. The van der Waals surface area contributed by atoms with Gasteiger partial charge in [-0.3, -0.25) is 4.79 Å². The second-order valence-electron chi connectivity index (χ2n) is 4.35. The quantitative estimate of drug-likeness (QED) is 0.467. The summed E-state index contributed by atoms with van der Waals surface area (Å²) < 4.78 is 21.1. The van der Waals surface area contributed by atoms with Gasteiger partial charge in [-0.15, -0.1) is 11.3 Å². The van der Waals surface area contributed by atoms with Crippen LogP contribution in [0.4, 0.5) is 0 Å². The van der Waals surface area contributed by atoms with E-state index < -0.39 is 0 Å². The second-order valence-corrected chi connectivity index (χ2v) is 6.66. The minimum absolute atomic E-state index is 0.124. The van der Waals surface area contributed by atoms with Gasteiger partial charge in [0, 0.05) is 14.2 Å². The molecule has 0 bridgehead atoms. The van der Waals surface area contributed by atoms with Crippen LogP contribution in [0.15, 0.2) is 17.5 Å². The average molecular weight is 377 g/mol. The van der Waals surface area contributed by atoms with Crippen molar-refractivity contribution in [2.24, 2.45) is 0 Å². The maximum absolute atomic E-state index is 12.6. The highest BCUT2D eigenvalue weighted by Crippen LogP contribution is 2.46. The monoisotopic (exact) mass is 376 g/mol. The molecule has 2 rings (SSSR count). The van der Waals surface area contributed by atoms with Crippen LogP contribution in [-0.2, 0) is 9.47 Å². The molecule has 0 aromatic carbocycles. The molecular weight excluding hydrogens is 360 g/mol. The van der Waals surface area contributed by atoms with Gasteiger partial charge in [-0.05, 0) is 11.4 Å². The number of hydrogen-bond acceptors (Lipinski definition) is 7. The minimum atomic E-state index is -0.124. The van der Waals surface area contributed by atoms with Crippen LogP contribution in [0.5, 0.6) is 10.8 Å². The molecule has 2 aromatic rings. The van der Waals surface area contributed by atoms with Gasteiger partial charge in [0.15, 0.2) is 10.8 Å². The van der Waals surface area contributed by atoms with E-state index in [9.17, 15) is 4.79 Å². The number of methoxy groups -OCH3 is 2. The third kappa shape index (κ3) is 4.68. The van der Waals surface area contributed by atoms with Crippen molar-refractivity contribution < 1.29 is 23.7 Å². The molecule has 2 heterocycles. The highest BCUT2D eigenvalue weighted by Gasteiger charge is 2.26. The largest absolute Gasteiger partial charge is 0.488 e. The zero-order valence-electron chi connectivity index (χ0n) is 12.8. The summed E-state index contributed by atoms with van der Waals surface area (Å²) in [7, 11) is 3.17. The molecule has 0 spiro atoms. The Hall–Kier alpha value is -1.12. The van der Waals surface area contributed by atoms with Gasteiger partial charge in [0.25, 0.3) is 0 Å². The molecule has 5 nitrogen and oxygen atoms in total. The molecule has 0 saturated carbocycles. The lowest BCUT2D eigenvalue weighted by Gasteiger charge is -2.06. The summed E-state index contributed by atoms with van der Waals surface area (Å²) in [5.41, 5.74) is 0. The van der Waals surface area contributed by atoms with E-state index in [1.165, 1.54) is 22.7 Å².